The number of rotatable bonds is 3. The maximum Gasteiger partial charge on any atom is 0.119 e. The molecule has 0 aromatic heterocycles. The third kappa shape index (κ3) is 2.94. The summed E-state index contributed by atoms with van der Waals surface area (Å²) in [4.78, 5) is 0. The molecule has 1 aromatic carbocycles. The Kier molecular flexibility index (Phi) is 4.19. The Balaban J connectivity index is 2.18. The molecule has 0 heterocycles. The van der Waals surface area contributed by atoms with Gasteiger partial charge in [-0.2, -0.15) is 0 Å². The van der Waals surface area contributed by atoms with Gasteiger partial charge in [0.25, 0.3) is 0 Å². The Bertz CT molecular complexity index is 431. The second-order valence-corrected chi connectivity index (χ2v) is 6.42. The topological polar surface area (TPSA) is 35.2 Å². The van der Waals surface area contributed by atoms with Crippen molar-refractivity contribution in [3.63, 3.8) is 0 Å². The third-order valence-corrected chi connectivity index (χ3v) is 4.84. The molecule has 2 heteroatoms. The molecule has 1 aliphatic carbocycles. The quantitative estimate of drug-likeness (QED) is 0.892. The largest absolute Gasteiger partial charge is 0.497 e. The fourth-order valence-corrected chi connectivity index (χ4v) is 3.41. The molecule has 1 saturated carbocycles. The van der Waals surface area contributed by atoms with Crippen LogP contribution in [0.2, 0.25) is 0 Å². The monoisotopic (exact) mass is 261 g/mol. The van der Waals surface area contributed by atoms with Crippen molar-refractivity contribution in [3.8, 4) is 5.75 Å². The molecule has 106 valence electrons. The van der Waals surface area contributed by atoms with Gasteiger partial charge in [0.15, 0.2) is 0 Å². The molecule has 0 radical (unpaired) electrons. The summed E-state index contributed by atoms with van der Waals surface area (Å²) in [7, 11) is 1.71. The van der Waals surface area contributed by atoms with Gasteiger partial charge in [-0.25, -0.2) is 0 Å². The number of benzene rings is 1. The minimum absolute atomic E-state index is 0.137. The van der Waals surface area contributed by atoms with Crippen LogP contribution in [0.5, 0.6) is 5.75 Å². The van der Waals surface area contributed by atoms with Gasteiger partial charge >= 0.3 is 0 Å². The summed E-state index contributed by atoms with van der Waals surface area (Å²) in [5.41, 5.74) is 9.11. The molecule has 19 heavy (non-hydrogen) atoms. The Morgan fingerprint density at radius 3 is 2.37 bits per heavy atom. The van der Waals surface area contributed by atoms with Crippen molar-refractivity contribution < 1.29 is 4.74 Å². The van der Waals surface area contributed by atoms with E-state index in [1.807, 2.05) is 6.07 Å². The summed E-state index contributed by atoms with van der Waals surface area (Å²) in [6.45, 7) is 6.79. The lowest BCUT2D eigenvalue weighted by molar-refractivity contribution is 0.195. The zero-order valence-electron chi connectivity index (χ0n) is 12.7. The predicted octanol–water partition coefficient (Wildman–Crippen LogP) is 4.00. The summed E-state index contributed by atoms with van der Waals surface area (Å²) in [5, 5.41) is 0. The summed E-state index contributed by atoms with van der Waals surface area (Å²) in [6.07, 6.45) is 4.70. The highest BCUT2D eigenvalue weighted by molar-refractivity contribution is 5.39. The zero-order valence-corrected chi connectivity index (χ0v) is 12.7. The molecular weight excluding hydrogens is 234 g/mol. The van der Waals surface area contributed by atoms with Crippen LogP contribution in [0.15, 0.2) is 18.2 Å². The van der Waals surface area contributed by atoms with Crippen molar-refractivity contribution in [2.45, 2.75) is 52.0 Å². The Hall–Kier alpha value is -1.02. The average Bonchev–Trinajstić information content (AvgIpc) is 2.38. The lowest BCUT2D eigenvalue weighted by Crippen LogP contribution is -2.41. The maximum atomic E-state index is 6.69. The average molecular weight is 261 g/mol. The lowest BCUT2D eigenvalue weighted by Gasteiger charge is -2.39. The van der Waals surface area contributed by atoms with Crippen molar-refractivity contribution in [3.05, 3.63) is 29.3 Å². The van der Waals surface area contributed by atoms with Gasteiger partial charge in [-0.3, -0.25) is 0 Å². The smallest absolute Gasteiger partial charge is 0.119 e. The van der Waals surface area contributed by atoms with Crippen LogP contribution in [0, 0.1) is 18.8 Å². The molecule has 1 aromatic rings. The van der Waals surface area contributed by atoms with E-state index in [0.29, 0.717) is 0 Å². The van der Waals surface area contributed by atoms with E-state index in [1.54, 1.807) is 7.11 Å². The van der Waals surface area contributed by atoms with Gasteiger partial charge in [0.1, 0.15) is 5.75 Å². The molecule has 2 rings (SSSR count). The lowest BCUT2D eigenvalue weighted by atomic mass is 9.70. The van der Waals surface area contributed by atoms with Gasteiger partial charge in [0, 0.05) is 5.54 Å². The summed E-state index contributed by atoms with van der Waals surface area (Å²) < 4.78 is 5.28. The molecule has 0 aliphatic heterocycles. The van der Waals surface area contributed by atoms with E-state index in [4.69, 9.17) is 10.5 Å². The zero-order chi connectivity index (χ0) is 14.0. The van der Waals surface area contributed by atoms with Crippen LogP contribution < -0.4 is 10.5 Å². The van der Waals surface area contributed by atoms with E-state index in [2.05, 4.69) is 32.9 Å². The predicted molar refractivity (Wildman–Crippen MR) is 80.4 cm³/mol. The Morgan fingerprint density at radius 1 is 1.26 bits per heavy atom. The van der Waals surface area contributed by atoms with Crippen molar-refractivity contribution in [1.82, 2.24) is 0 Å². The first-order valence-electron chi connectivity index (χ1n) is 7.40. The van der Waals surface area contributed by atoms with Crippen LogP contribution >= 0.6 is 0 Å². The number of aryl methyl sites for hydroxylation is 1. The van der Waals surface area contributed by atoms with Crippen molar-refractivity contribution in [2.75, 3.05) is 7.11 Å². The molecule has 1 fully saturated rings. The van der Waals surface area contributed by atoms with E-state index in [-0.39, 0.29) is 5.54 Å². The van der Waals surface area contributed by atoms with Gasteiger partial charge < -0.3 is 10.5 Å². The van der Waals surface area contributed by atoms with E-state index < -0.39 is 0 Å². The van der Waals surface area contributed by atoms with Crippen molar-refractivity contribution in [2.24, 2.45) is 17.6 Å². The first-order valence-corrected chi connectivity index (χ1v) is 7.40. The Morgan fingerprint density at radius 2 is 1.89 bits per heavy atom. The number of methoxy groups -OCH3 is 1. The van der Waals surface area contributed by atoms with Crippen LogP contribution in [-0.2, 0) is 5.54 Å². The minimum Gasteiger partial charge on any atom is -0.497 e. The Labute approximate surface area is 117 Å². The van der Waals surface area contributed by atoms with Gasteiger partial charge in [-0.05, 0) is 67.7 Å². The van der Waals surface area contributed by atoms with E-state index in [9.17, 15) is 0 Å². The van der Waals surface area contributed by atoms with Gasteiger partial charge in [-0.15, -0.1) is 0 Å². The SMILES string of the molecule is COc1ccc(C2(N)CCC(C(C)C)CC2)c(C)c1. The molecule has 2 N–H and O–H groups in total. The molecule has 0 atom stereocenters. The summed E-state index contributed by atoms with van der Waals surface area (Å²) in [6, 6.07) is 6.29. The van der Waals surface area contributed by atoms with Gasteiger partial charge in [0.2, 0.25) is 0 Å². The molecule has 0 bridgehead atoms. The van der Waals surface area contributed by atoms with E-state index >= 15 is 0 Å². The highest BCUT2D eigenvalue weighted by Gasteiger charge is 2.35. The highest BCUT2D eigenvalue weighted by Crippen LogP contribution is 2.41. The standard InChI is InChI=1S/C17H27NO/c1-12(2)14-7-9-17(18,10-8-14)16-6-5-15(19-4)11-13(16)3/h5-6,11-12,14H,7-10,18H2,1-4H3. The number of hydrogen-bond donors (Lipinski definition) is 1. The van der Waals surface area contributed by atoms with Crippen LogP contribution in [0.4, 0.5) is 0 Å². The van der Waals surface area contributed by atoms with Gasteiger partial charge in [-0.1, -0.05) is 19.9 Å². The number of hydrogen-bond acceptors (Lipinski definition) is 2. The normalized spacial score (nSPS) is 27.6. The molecule has 0 amide bonds. The van der Waals surface area contributed by atoms with Crippen LogP contribution in [0.25, 0.3) is 0 Å². The highest BCUT2D eigenvalue weighted by atomic mass is 16.5. The second kappa shape index (κ2) is 5.54. The van der Waals surface area contributed by atoms with Crippen molar-refractivity contribution >= 4 is 0 Å². The molecule has 1 aliphatic rings. The van der Waals surface area contributed by atoms with Crippen LogP contribution in [-0.4, -0.2) is 7.11 Å². The first-order chi connectivity index (χ1) is 8.96. The van der Waals surface area contributed by atoms with E-state index in [1.165, 1.54) is 24.0 Å². The number of nitrogens with two attached hydrogens (primary N) is 1. The summed E-state index contributed by atoms with van der Waals surface area (Å²) >= 11 is 0. The fourth-order valence-electron chi connectivity index (χ4n) is 3.41. The molecule has 0 spiro atoms. The maximum absolute atomic E-state index is 6.69. The molecule has 2 nitrogen and oxygen atoms in total. The second-order valence-electron chi connectivity index (χ2n) is 6.42. The van der Waals surface area contributed by atoms with Crippen LogP contribution in [0.1, 0.15) is 50.7 Å². The minimum atomic E-state index is -0.137. The first kappa shape index (κ1) is 14.4. The molecule has 0 saturated heterocycles. The summed E-state index contributed by atoms with van der Waals surface area (Å²) in [5.74, 6) is 2.54. The van der Waals surface area contributed by atoms with Crippen molar-refractivity contribution in [1.29, 1.82) is 0 Å². The van der Waals surface area contributed by atoms with E-state index in [0.717, 1.165) is 30.4 Å². The van der Waals surface area contributed by atoms with Crippen LogP contribution in [0.3, 0.4) is 0 Å². The third-order valence-electron chi connectivity index (χ3n) is 4.84. The van der Waals surface area contributed by atoms with Gasteiger partial charge in [0.05, 0.1) is 7.11 Å². The molecule has 0 unspecified atom stereocenters. The fraction of sp³-hybridized carbons (Fsp3) is 0.647. The number of ether oxygens (including phenoxy) is 1. The molecular formula is C17H27NO.